The minimum Gasteiger partial charge on any atom is -0.385 e. The maximum Gasteiger partial charge on any atom is 0.137 e. The first-order valence-electron chi connectivity index (χ1n) is 8.53. The molecule has 2 fully saturated rings. The third-order valence-electron chi connectivity index (χ3n) is 5.08. The van der Waals surface area contributed by atoms with Crippen LogP contribution in [-0.4, -0.2) is 37.6 Å². The van der Waals surface area contributed by atoms with Gasteiger partial charge in [0.15, 0.2) is 0 Å². The number of aliphatic hydroxyl groups excluding tert-OH is 1. The number of aromatic nitrogens is 3. The van der Waals surface area contributed by atoms with Crippen LogP contribution in [0.1, 0.15) is 53.4 Å². The van der Waals surface area contributed by atoms with E-state index >= 15 is 0 Å². The SMILES string of the molecule is Cn1ccnc1C(O)C1CCN(Cc2cnc(C3CC3)s2)CC1. The molecule has 2 aromatic heterocycles. The molecule has 23 heavy (non-hydrogen) atoms. The third kappa shape index (κ3) is 3.34. The lowest BCUT2D eigenvalue weighted by atomic mass is 9.90. The Labute approximate surface area is 141 Å². The second-order valence-electron chi connectivity index (χ2n) is 6.89. The molecular formula is C17H24N4OS. The van der Waals surface area contributed by atoms with Crippen molar-refractivity contribution in [3.05, 3.63) is 34.3 Å². The van der Waals surface area contributed by atoms with Gasteiger partial charge in [0, 0.05) is 43.0 Å². The minimum atomic E-state index is -0.443. The summed E-state index contributed by atoms with van der Waals surface area (Å²) in [6.07, 6.45) is 9.98. The van der Waals surface area contributed by atoms with E-state index in [1.807, 2.05) is 29.1 Å². The van der Waals surface area contributed by atoms with Crippen molar-refractivity contribution in [2.24, 2.45) is 13.0 Å². The molecule has 4 rings (SSSR count). The van der Waals surface area contributed by atoms with Crippen molar-refractivity contribution < 1.29 is 5.11 Å². The maximum absolute atomic E-state index is 10.6. The zero-order valence-electron chi connectivity index (χ0n) is 13.6. The second-order valence-corrected chi connectivity index (χ2v) is 8.04. The van der Waals surface area contributed by atoms with Gasteiger partial charge < -0.3 is 9.67 Å². The van der Waals surface area contributed by atoms with Crippen molar-refractivity contribution >= 4 is 11.3 Å². The van der Waals surface area contributed by atoms with Crippen molar-refractivity contribution in [3.63, 3.8) is 0 Å². The second kappa shape index (κ2) is 6.34. The smallest absolute Gasteiger partial charge is 0.137 e. The molecule has 0 radical (unpaired) electrons. The molecule has 1 aliphatic carbocycles. The average molecular weight is 332 g/mol. The minimum absolute atomic E-state index is 0.316. The normalized spacial score (nSPS) is 21.7. The summed E-state index contributed by atoms with van der Waals surface area (Å²) in [7, 11) is 1.95. The molecule has 0 bridgehead atoms. The molecule has 0 spiro atoms. The summed E-state index contributed by atoms with van der Waals surface area (Å²) < 4.78 is 1.92. The van der Waals surface area contributed by atoms with Crippen LogP contribution in [0.25, 0.3) is 0 Å². The van der Waals surface area contributed by atoms with Crippen molar-refractivity contribution in [3.8, 4) is 0 Å². The fourth-order valence-electron chi connectivity index (χ4n) is 3.43. The van der Waals surface area contributed by atoms with Gasteiger partial charge in [0.2, 0.25) is 0 Å². The Morgan fingerprint density at radius 3 is 2.70 bits per heavy atom. The first-order valence-corrected chi connectivity index (χ1v) is 9.34. The summed E-state index contributed by atoms with van der Waals surface area (Å²) in [6, 6.07) is 0. The maximum atomic E-state index is 10.6. The van der Waals surface area contributed by atoms with Crippen molar-refractivity contribution in [2.75, 3.05) is 13.1 Å². The monoisotopic (exact) mass is 332 g/mol. The summed E-state index contributed by atoms with van der Waals surface area (Å²) in [5.41, 5.74) is 0. The molecule has 5 nitrogen and oxygen atoms in total. The number of piperidine rings is 1. The van der Waals surface area contributed by atoms with Crippen LogP contribution < -0.4 is 0 Å². The van der Waals surface area contributed by atoms with Crippen LogP contribution in [0.15, 0.2) is 18.6 Å². The average Bonchev–Trinajstić information content (AvgIpc) is 3.16. The molecule has 1 saturated carbocycles. The molecule has 3 heterocycles. The molecule has 2 aliphatic rings. The highest BCUT2D eigenvalue weighted by atomic mass is 32.1. The van der Waals surface area contributed by atoms with Crippen LogP contribution in [0.5, 0.6) is 0 Å². The quantitative estimate of drug-likeness (QED) is 0.915. The van der Waals surface area contributed by atoms with Gasteiger partial charge in [-0.2, -0.15) is 0 Å². The number of nitrogens with zero attached hydrogens (tertiary/aromatic N) is 4. The number of likely N-dealkylation sites (tertiary alicyclic amines) is 1. The molecule has 2 aromatic rings. The molecule has 1 N–H and O–H groups in total. The van der Waals surface area contributed by atoms with Gasteiger partial charge >= 0.3 is 0 Å². The van der Waals surface area contributed by atoms with Crippen molar-refractivity contribution in [1.29, 1.82) is 0 Å². The topological polar surface area (TPSA) is 54.2 Å². The fraction of sp³-hybridized carbons (Fsp3) is 0.647. The fourth-order valence-corrected chi connectivity index (χ4v) is 4.56. The molecule has 1 atom stereocenters. The molecule has 6 heteroatoms. The van der Waals surface area contributed by atoms with E-state index in [2.05, 4.69) is 21.1 Å². The molecule has 1 saturated heterocycles. The van der Waals surface area contributed by atoms with Gasteiger partial charge in [-0.15, -0.1) is 11.3 Å². The largest absolute Gasteiger partial charge is 0.385 e. The predicted molar refractivity (Wildman–Crippen MR) is 90.3 cm³/mol. The van der Waals surface area contributed by atoms with E-state index in [0.717, 1.165) is 44.2 Å². The lowest BCUT2D eigenvalue weighted by Crippen LogP contribution is -2.35. The van der Waals surface area contributed by atoms with Crippen LogP contribution >= 0.6 is 11.3 Å². The standard InChI is InChI=1S/C17H24N4OS/c1-20-9-6-18-16(20)15(22)12-4-7-21(8-5-12)11-14-10-19-17(23-14)13-2-3-13/h6,9-10,12-13,15,22H,2-5,7-8,11H2,1H3. The number of aliphatic hydroxyl groups is 1. The summed E-state index contributed by atoms with van der Waals surface area (Å²) >= 11 is 1.89. The van der Waals surface area contributed by atoms with Gasteiger partial charge in [0.1, 0.15) is 11.9 Å². The Morgan fingerprint density at radius 1 is 1.26 bits per heavy atom. The van der Waals surface area contributed by atoms with Gasteiger partial charge in [-0.05, 0) is 44.7 Å². The third-order valence-corrected chi connectivity index (χ3v) is 6.22. The van der Waals surface area contributed by atoms with Crippen molar-refractivity contribution in [2.45, 2.75) is 44.2 Å². The summed E-state index contributed by atoms with van der Waals surface area (Å²) in [5, 5.41) is 11.9. The van der Waals surface area contributed by atoms with Crippen molar-refractivity contribution in [1.82, 2.24) is 19.4 Å². The summed E-state index contributed by atoms with van der Waals surface area (Å²) in [6.45, 7) is 3.10. The van der Waals surface area contributed by atoms with E-state index in [9.17, 15) is 5.11 Å². The summed E-state index contributed by atoms with van der Waals surface area (Å²) in [5.74, 6) is 1.86. The van der Waals surface area contributed by atoms with Gasteiger partial charge in [0.05, 0.1) is 5.01 Å². The first kappa shape index (κ1) is 15.3. The molecule has 1 aliphatic heterocycles. The van der Waals surface area contributed by atoms with Gasteiger partial charge in [-0.25, -0.2) is 9.97 Å². The molecular weight excluding hydrogens is 308 g/mol. The van der Waals surface area contributed by atoms with E-state index in [0.29, 0.717) is 5.92 Å². The van der Waals surface area contributed by atoms with Gasteiger partial charge in [0.25, 0.3) is 0 Å². The zero-order valence-corrected chi connectivity index (χ0v) is 14.4. The van der Waals surface area contributed by atoms with Crippen LogP contribution in [-0.2, 0) is 13.6 Å². The van der Waals surface area contributed by atoms with Crippen LogP contribution in [0.2, 0.25) is 0 Å². The Balaban J connectivity index is 1.31. The van der Waals surface area contributed by atoms with Crippen LogP contribution in [0, 0.1) is 5.92 Å². The van der Waals surface area contributed by atoms with Gasteiger partial charge in [-0.1, -0.05) is 0 Å². The molecule has 0 amide bonds. The zero-order chi connectivity index (χ0) is 15.8. The molecule has 1 unspecified atom stereocenters. The molecule has 0 aromatic carbocycles. The lowest BCUT2D eigenvalue weighted by Gasteiger charge is -2.33. The van der Waals surface area contributed by atoms with Crippen LogP contribution in [0.4, 0.5) is 0 Å². The lowest BCUT2D eigenvalue weighted by molar-refractivity contribution is 0.0494. The highest BCUT2D eigenvalue weighted by molar-refractivity contribution is 7.11. The number of imidazole rings is 1. The van der Waals surface area contributed by atoms with E-state index in [-0.39, 0.29) is 0 Å². The Kier molecular flexibility index (Phi) is 4.22. The summed E-state index contributed by atoms with van der Waals surface area (Å²) in [4.78, 5) is 12.7. The van der Waals surface area contributed by atoms with E-state index in [1.165, 1.54) is 22.7 Å². The first-order chi connectivity index (χ1) is 11.2. The number of thiazole rings is 1. The predicted octanol–water partition coefficient (Wildman–Crippen LogP) is 2.70. The van der Waals surface area contributed by atoms with E-state index in [4.69, 9.17) is 0 Å². The number of aryl methyl sites for hydroxylation is 1. The Bertz CT molecular complexity index is 655. The molecule has 124 valence electrons. The highest BCUT2D eigenvalue weighted by Crippen LogP contribution is 2.42. The highest BCUT2D eigenvalue weighted by Gasteiger charge is 2.29. The Morgan fingerprint density at radius 2 is 2.04 bits per heavy atom. The number of hydrogen-bond acceptors (Lipinski definition) is 5. The van der Waals surface area contributed by atoms with Gasteiger partial charge in [-0.3, -0.25) is 4.90 Å². The number of rotatable bonds is 5. The Hall–Kier alpha value is -1.24. The van der Waals surface area contributed by atoms with E-state index in [1.54, 1.807) is 6.20 Å². The number of hydrogen-bond donors (Lipinski definition) is 1. The van der Waals surface area contributed by atoms with E-state index < -0.39 is 6.10 Å². The van der Waals surface area contributed by atoms with Crippen LogP contribution in [0.3, 0.4) is 0 Å².